The van der Waals surface area contributed by atoms with Crippen molar-refractivity contribution in [2.45, 2.75) is 40.2 Å². The van der Waals surface area contributed by atoms with Crippen LogP contribution < -0.4 is 5.32 Å². The summed E-state index contributed by atoms with van der Waals surface area (Å²) in [6, 6.07) is 5.29. The smallest absolute Gasteiger partial charge is 0.272 e. The highest BCUT2D eigenvalue weighted by Gasteiger charge is 2.18. The van der Waals surface area contributed by atoms with Crippen LogP contribution in [-0.4, -0.2) is 11.5 Å². The van der Waals surface area contributed by atoms with E-state index in [-0.39, 0.29) is 10.6 Å². The van der Waals surface area contributed by atoms with Crippen LogP contribution in [-0.2, 0) is 6.54 Å². The molecule has 0 saturated carbocycles. The van der Waals surface area contributed by atoms with E-state index in [9.17, 15) is 10.1 Å². The molecule has 2 atom stereocenters. The molecule has 1 aromatic rings. The molecule has 0 fully saturated rings. The van der Waals surface area contributed by atoms with Crippen molar-refractivity contribution in [1.82, 2.24) is 5.32 Å². The summed E-state index contributed by atoms with van der Waals surface area (Å²) in [4.78, 5) is 10.6. The summed E-state index contributed by atoms with van der Waals surface area (Å²) in [5, 5.41) is 14.4. The van der Waals surface area contributed by atoms with Crippen LogP contribution in [0.15, 0.2) is 29.8 Å². The summed E-state index contributed by atoms with van der Waals surface area (Å²) in [5.41, 5.74) is 3.47. The Morgan fingerprint density at radius 3 is 2.81 bits per heavy atom. The molecule has 4 nitrogen and oxygen atoms in total. The third-order valence-corrected chi connectivity index (χ3v) is 4.25. The standard InChI is InChI=1S/C17H24N2O2/c1-12-7-13(2)9-15(8-12)10-18-11-16-5-4-6-17(14(16)3)19(20)21/h4-7,12,15,18H,8-11H2,1-3H3. The summed E-state index contributed by atoms with van der Waals surface area (Å²) < 4.78 is 0. The van der Waals surface area contributed by atoms with Crippen molar-refractivity contribution >= 4 is 5.69 Å². The highest BCUT2D eigenvalue weighted by atomic mass is 16.6. The number of hydrogen-bond acceptors (Lipinski definition) is 3. The number of rotatable bonds is 5. The Morgan fingerprint density at radius 1 is 1.38 bits per heavy atom. The van der Waals surface area contributed by atoms with Gasteiger partial charge in [-0.15, -0.1) is 0 Å². The minimum atomic E-state index is -0.310. The molecule has 0 bridgehead atoms. The maximum atomic E-state index is 10.9. The van der Waals surface area contributed by atoms with E-state index in [1.807, 2.05) is 13.0 Å². The Labute approximate surface area is 126 Å². The zero-order chi connectivity index (χ0) is 15.4. The molecule has 0 saturated heterocycles. The lowest BCUT2D eigenvalue weighted by Crippen LogP contribution is -2.26. The van der Waals surface area contributed by atoms with Crippen molar-refractivity contribution in [1.29, 1.82) is 0 Å². The van der Waals surface area contributed by atoms with Gasteiger partial charge in [0, 0.05) is 18.2 Å². The highest BCUT2D eigenvalue weighted by molar-refractivity contribution is 5.44. The van der Waals surface area contributed by atoms with Gasteiger partial charge in [-0.1, -0.05) is 30.7 Å². The first-order valence-electron chi connectivity index (χ1n) is 7.58. The second kappa shape index (κ2) is 6.85. The third kappa shape index (κ3) is 4.14. The fourth-order valence-corrected chi connectivity index (χ4v) is 3.31. The fraction of sp³-hybridized carbons (Fsp3) is 0.529. The molecule has 2 rings (SSSR count). The first kappa shape index (κ1) is 15.7. The number of benzene rings is 1. The topological polar surface area (TPSA) is 55.2 Å². The Hall–Kier alpha value is -1.68. The Bertz CT molecular complexity index is 552. The van der Waals surface area contributed by atoms with Gasteiger partial charge < -0.3 is 5.32 Å². The molecule has 0 aromatic heterocycles. The van der Waals surface area contributed by atoms with Gasteiger partial charge in [0.1, 0.15) is 0 Å². The van der Waals surface area contributed by atoms with E-state index in [1.165, 1.54) is 12.0 Å². The van der Waals surface area contributed by atoms with Crippen molar-refractivity contribution in [3.8, 4) is 0 Å². The van der Waals surface area contributed by atoms with Gasteiger partial charge in [0.2, 0.25) is 0 Å². The first-order chi connectivity index (χ1) is 9.97. The average molecular weight is 288 g/mol. The number of nitrogens with one attached hydrogen (secondary N) is 1. The second-order valence-electron chi connectivity index (χ2n) is 6.25. The van der Waals surface area contributed by atoms with Crippen LogP contribution in [0.4, 0.5) is 5.69 Å². The predicted octanol–water partition coefficient (Wildman–Crippen LogP) is 3.99. The summed E-state index contributed by atoms with van der Waals surface area (Å²) in [6.07, 6.45) is 4.74. The van der Waals surface area contributed by atoms with Crippen LogP contribution in [0.3, 0.4) is 0 Å². The van der Waals surface area contributed by atoms with E-state index in [0.717, 1.165) is 24.1 Å². The average Bonchev–Trinajstić information content (AvgIpc) is 2.39. The van der Waals surface area contributed by atoms with Crippen molar-refractivity contribution in [2.24, 2.45) is 11.8 Å². The molecule has 0 spiro atoms. The van der Waals surface area contributed by atoms with Crippen LogP contribution >= 0.6 is 0 Å². The van der Waals surface area contributed by atoms with Crippen LogP contribution in [0, 0.1) is 28.9 Å². The molecular formula is C17H24N2O2. The summed E-state index contributed by atoms with van der Waals surface area (Å²) >= 11 is 0. The van der Waals surface area contributed by atoms with Gasteiger partial charge in [-0.05, 0) is 50.6 Å². The molecular weight excluding hydrogens is 264 g/mol. The Kier molecular flexibility index (Phi) is 5.12. The minimum Gasteiger partial charge on any atom is -0.312 e. The molecule has 1 N–H and O–H groups in total. The fourth-order valence-electron chi connectivity index (χ4n) is 3.31. The van der Waals surface area contributed by atoms with E-state index in [0.29, 0.717) is 18.4 Å². The monoisotopic (exact) mass is 288 g/mol. The predicted molar refractivity (Wildman–Crippen MR) is 85.2 cm³/mol. The maximum Gasteiger partial charge on any atom is 0.272 e. The van der Waals surface area contributed by atoms with Crippen LogP contribution in [0.25, 0.3) is 0 Å². The van der Waals surface area contributed by atoms with Crippen molar-refractivity contribution in [2.75, 3.05) is 6.54 Å². The van der Waals surface area contributed by atoms with Crippen molar-refractivity contribution in [3.05, 3.63) is 51.1 Å². The molecule has 4 heteroatoms. The molecule has 21 heavy (non-hydrogen) atoms. The molecule has 0 aliphatic heterocycles. The van der Waals surface area contributed by atoms with Gasteiger partial charge >= 0.3 is 0 Å². The number of nitro groups is 1. The van der Waals surface area contributed by atoms with Crippen LogP contribution in [0.1, 0.15) is 37.8 Å². The molecule has 1 aliphatic carbocycles. The van der Waals surface area contributed by atoms with Gasteiger partial charge in [-0.25, -0.2) is 0 Å². The van der Waals surface area contributed by atoms with Gasteiger partial charge in [-0.2, -0.15) is 0 Å². The highest BCUT2D eigenvalue weighted by Crippen LogP contribution is 2.27. The molecule has 0 amide bonds. The van der Waals surface area contributed by atoms with E-state index >= 15 is 0 Å². The molecule has 0 radical (unpaired) electrons. The molecule has 1 aromatic carbocycles. The van der Waals surface area contributed by atoms with Crippen LogP contribution in [0.2, 0.25) is 0 Å². The molecule has 1 aliphatic rings. The number of nitro benzene ring substituents is 1. The van der Waals surface area contributed by atoms with E-state index in [4.69, 9.17) is 0 Å². The summed E-state index contributed by atoms with van der Waals surface area (Å²) in [7, 11) is 0. The lowest BCUT2D eigenvalue weighted by atomic mass is 9.84. The summed E-state index contributed by atoms with van der Waals surface area (Å²) in [5.74, 6) is 1.33. The first-order valence-corrected chi connectivity index (χ1v) is 7.58. The van der Waals surface area contributed by atoms with Crippen molar-refractivity contribution < 1.29 is 4.92 Å². The van der Waals surface area contributed by atoms with Crippen LogP contribution in [0.5, 0.6) is 0 Å². The normalized spacial score (nSPS) is 22.0. The minimum absolute atomic E-state index is 0.208. The molecule has 2 unspecified atom stereocenters. The number of hydrogen-bond donors (Lipinski definition) is 1. The summed E-state index contributed by atoms with van der Waals surface area (Å²) in [6.45, 7) is 7.96. The second-order valence-corrected chi connectivity index (χ2v) is 6.25. The van der Waals surface area contributed by atoms with E-state index in [1.54, 1.807) is 12.1 Å². The van der Waals surface area contributed by atoms with E-state index in [2.05, 4.69) is 25.2 Å². The Morgan fingerprint density at radius 2 is 2.14 bits per heavy atom. The quantitative estimate of drug-likeness (QED) is 0.506. The Balaban J connectivity index is 1.91. The van der Waals surface area contributed by atoms with Gasteiger partial charge in [0.15, 0.2) is 0 Å². The lowest BCUT2D eigenvalue weighted by Gasteiger charge is -2.25. The largest absolute Gasteiger partial charge is 0.312 e. The van der Waals surface area contributed by atoms with E-state index < -0.39 is 0 Å². The number of allylic oxidation sites excluding steroid dienone is 2. The van der Waals surface area contributed by atoms with Crippen molar-refractivity contribution in [3.63, 3.8) is 0 Å². The van der Waals surface area contributed by atoms with Gasteiger partial charge in [0.25, 0.3) is 5.69 Å². The SMILES string of the molecule is CC1=CC(C)CC(CNCc2cccc([N+](=O)[O-])c2C)C1. The molecule has 114 valence electrons. The third-order valence-electron chi connectivity index (χ3n) is 4.25. The lowest BCUT2D eigenvalue weighted by molar-refractivity contribution is -0.385. The zero-order valence-electron chi connectivity index (χ0n) is 13.1. The zero-order valence-corrected chi connectivity index (χ0v) is 13.1. The molecule has 0 heterocycles. The van der Waals surface area contributed by atoms with Gasteiger partial charge in [0.05, 0.1) is 4.92 Å². The maximum absolute atomic E-state index is 10.9. The van der Waals surface area contributed by atoms with Gasteiger partial charge in [-0.3, -0.25) is 10.1 Å². The number of nitrogens with zero attached hydrogens (tertiary/aromatic N) is 1.